The minimum Gasteiger partial charge on any atom is -0.394 e. The van der Waals surface area contributed by atoms with Crippen molar-refractivity contribution in [2.45, 2.75) is 5.03 Å². The van der Waals surface area contributed by atoms with Gasteiger partial charge in [-0.05, 0) is 12.1 Å². The quantitative estimate of drug-likeness (QED) is 0.593. The van der Waals surface area contributed by atoms with Crippen LogP contribution < -0.4 is 0 Å². The maximum absolute atomic E-state index is 11.7. The van der Waals surface area contributed by atoms with Crippen LogP contribution in [0.3, 0.4) is 0 Å². The van der Waals surface area contributed by atoms with Gasteiger partial charge in [-0.2, -0.15) is 8.42 Å². The van der Waals surface area contributed by atoms with E-state index in [0.717, 1.165) is 6.08 Å². The van der Waals surface area contributed by atoms with E-state index in [1.165, 1.54) is 24.0 Å². The van der Waals surface area contributed by atoms with Crippen molar-refractivity contribution in [3.8, 4) is 0 Å². The Morgan fingerprint density at radius 2 is 2.33 bits per heavy atom. The number of rotatable bonds is 3. The first-order valence-electron chi connectivity index (χ1n) is 4.77. The van der Waals surface area contributed by atoms with Gasteiger partial charge in [0, 0.05) is 17.5 Å². The molecule has 7 nitrogen and oxygen atoms in total. The van der Waals surface area contributed by atoms with Crippen molar-refractivity contribution >= 4 is 32.9 Å². The number of carbonyl (C=O) groups excluding carboxylic acids is 1. The summed E-state index contributed by atoms with van der Waals surface area (Å²) in [5.74, 6) is 0.657. The van der Waals surface area contributed by atoms with Crippen molar-refractivity contribution in [1.82, 2.24) is 4.98 Å². The van der Waals surface area contributed by atoms with E-state index < -0.39 is 10.0 Å². The van der Waals surface area contributed by atoms with Gasteiger partial charge >= 0.3 is 10.0 Å². The molecule has 0 N–H and O–H groups in total. The molecule has 0 aromatic carbocycles. The second kappa shape index (κ2) is 5.30. The molecule has 0 fully saturated rings. The average Bonchev–Trinajstić information content (AvgIpc) is 2.40. The molecular weight excluding hydrogens is 278 g/mol. The lowest BCUT2D eigenvalue weighted by Crippen LogP contribution is -2.13. The Bertz CT molecular complexity index is 635. The highest BCUT2D eigenvalue weighted by Gasteiger charge is 2.24. The third-order valence-electron chi connectivity index (χ3n) is 1.96. The second-order valence-electron chi connectivity index (χ2n) is 3.09. The standard InChI is InChI=1S/C9H7N3O4S2/c13-6-11-18(14,15)9-7(2-1-3-10-9)8-12-16-4-5-17-8/h1-3H,4-5H2. The number of thioether (sulfide) groups is 1. The molecule has 1 aliphatic heterocycles. The lowest BCUT2D eigenvalue weighted by Gasteiger charge is -2.12. The number of aromatic nitrogens is 1. The molecule has 0 radical (unpaired) electrons. The summed E-state index contributed by atoms with van der Waals surface area (Å²) >= 11 is 1.35. The number of hydrogen-bond acceptors (Lipinski definition) is 7. The Labute approximate surface area is 107 Å². The van der Waals surface area contributed by atoms with E-state index in [9.17, 15) is 13.2 Å². The van der Waals surface area contributed by atoms with Crippen LogP contribution in [0.15, 0.2) is 32.9 Å². The maximum atomic E-state index is 11.7. The highest BCUT2D eigenvalue weighted by molar-refractivity contribution is 8.14. The largest absolute Gasteiger partial charge is 0.394 e. The Kier molecular flexibility index (Phi) is 3.75. The second-order valence-corrected chi connectivity index (χ2v) is 5.69. The molecule has 18 heavy (non-hydrogen) atoms. The Balaban J connectivity index is 2.56. The summed E-state index contributed by atoms with van der Waals surface area (Å²) in [6, 6.07) is 3.09. The Hall–Kier alpha value is -1.70. The molecule has 0 atom stereocenters. The van der Waals surface area contributed by atoms with Gasteiger partial charge in [0.05, 0.1) is 0 Å². The van der Waals surface area contributed by atoms with Crippen LogP contribution in [0.2, 0.25) is 0 Å². The molecular formula is C9H7N3O4S2. The van der Waals surface area contributed by atoms with E-state index in [1.807, 2.05) is 0 Å². The van der Waals surface area contributed by atoms with Crippen molar-refractivity contribution in [2.24, 2.45) is 9.55 Å². The molecule has 2 rings (SSSR count). The van der Waals surface area contributed by atoms with Crippen molar-refractivity contribution in [3.63, 3.8) is 0 Å². The zero-order valence-electron chi connectivity index (χ0n) is 8.94. The molecule has 1 aromatic heterocycles. The summed E-state index contributed by atoms with van der Waals surface area (Å²) < 4.78 is 26.2. The fraction of sp³-hybridized carbons (Fsp3) is 0.222. The minimum atomic E-state index is -4.15. The molecule has 2 heterocycles. The van der Waals surface area contributed by atoms with Gasteiger partial charge in [-0.15, -0.1) is 0 Å². The van der Waals surface area contributed by atoms with Crippen LogP contribution in [-0.2, 0) is 19.7 Å². The van der Waals surface area contributed by atoms with Crippen molar-refractivity contribution in [1.29, 1.82) is 0 Å². The number of hydrogen-bond donors (Lipinski definition) is 0. The lowest BCUT2D eigenvalue weighted by molar-refractivity contribution is 0.160. The van der Waals surface area contributed by atoms with E-state index in [2.05, 4.69) is 14.5 Å². The molecule has 0 aliphatic carbocycles. The van der Waals surface area contributed by atoms with Crippen LogP contribution in [0, 0.1) is 0 Å². The minimum absolute atomic E-state index is 0.265. The van der Waals surface area contributed by atoms with Crippen LogP contribution in [0.25, 0.3) is 0 Å². The van der Waals surface area contributed by atoms with Gasteiger partial charge in [0.15, 0.2) is 5.03 Å². The van der Waals surface area contributed by atoms with E-state index in [4.69, 9.17) is 4.84 Å². The summed E-state index contributed by atoms with van der Waals surface area (Å²) in [5.41, 5.74) is 0.265. The fourth-order valence-electron chi connectivity index (χ4n) is 1.28. The van der Waals surface area contributed by atoms with E-state index in [0.29, 0.717) is 17.4 Å². The normalized spacial score (nSPS) is 15.2. The number of oxime groups is 1. The zero-order chi connectivity index (χ0) is 13.0. The Morgan fingerprint density at radius 1 is 1.50 bits per heavy atom. The molecule has 0 spiro atoms. The Morgan fingerprint density at radius 3 is 3.00 bits per heavy atom. The monoisotopic (exact) mass is 285 g/mol. The van der Waals surface area contributed by atoms with Crippen molar-refractivity contribution in [2.75, 3.05) is 12.4 Å². The predicted molar refractivity (Wildman–Crippen MR) is 64.5 cm³/mol. The predicted octanol–water partition coefficient (Wildman–Crippen LogP) is 0.531. The van der Waals surface area contributed by atoms with Gasteiger partial charge in [0.2, 0.25) is 0 Å². The molecule has 1 aliphatic rings. The highest BCUT2D eigenvalue weighted by atomic mass is 32.2. The summed E-state index contributed by atoms with van der Waals surface area (Å²) in [4.78, 5) is 18.8. The van der Waals surface area contributed by atoms with Gasteiger partial charge in [0.1, 0.15) is 11.7 Å². The van der Waals surface area contributed by atoms with Crippen LogP contribution in [0.5, 0.6) is 0 Å². The van der Waals surface area contributed by atoms with E-state index in [1.54, 1.807) is 6.07 Å². The van der Waals surface area contributed by atoms with Crippen molar-refractivity contribution < 1.29 is 18.0 Å². The van der Waals surface area contributed by atoms with Gasteiger partial charge in [-0.25, -0.2) is 9.78 Å². The molecule has 0 saturated heterocycles. The number of pyridine rings is 1. The van der Waals surface area contributed by atoms with Crippen LogP contribution >= 0.6 is 11.8 Å². The van der Waals surface area contributed by atoms with Crippen LogP contribution in [0.1, 0.15) is 5.56 Å². The summed E-state index contributed by atoms with van der Waals surface area (Å²) in [7, 11) is -4.15. The van der Waals surface area contributed by atoms with Gasteiger partial charge in [-0.1, -0.05) is 21.3 Å². The summed E-state index contributed by atoms with van der Waals surface area (Å²) in [5, 5.41) is 3.84. The average molecular weight is 285 g/mol. The smallest absolute Gasteiger partial charge is 0.310 e. The molecule has 94 valence electrons. The molecule has 1 aromatic rings. The molecule has 0 unspecified atom stereocenters. The SMILES string of the molecule is O=C=NS(=O)(=O)c1ncccc1C1=NOCCS1. The first-order chi connectivity index (χ1) is 8.65. The van der Waals surface area contributed by atoms with E-state index >= 15 is 0 Å². The van der Waals surface area contributed by atoms with Gasteiger partial charge in [0.25, 0.3) is 6.08 Å². The molecule has 0 amide bonds. The van der Waals surface area contributed by atoms with Gasteiger partial charge < -0.3 is 4.84 Å². The lowest BCUT2D eigenvalue weighted by atomic mass is 10.3. The fourth-order valence-corrected chi connectivity index (χ4v) is 2.95. The summed E-state index contributed by atoms with van der Waals surface area (Å²) in [6.07, 6.45) is 2.30. The molecule has 0 bridgehead atoms. The third-order valence-corrected chi connectivity index (χ3v) is 4.03. The number of isocyanates is 1. The van der Waals surface area contributed by atoms with Crippen molar-refractivity contribution in [3.05, 3.63) is 23.9 Å². The van der Waals surface area contributed by atoms with Gasteiger partial charge in [-0.3, -0.25) is 0 Å². The third kappa shape index (κ3) is 2.58. The summed E-state index contributed by atoms with van der Waals surface area (Å²) in [6.45, 7) is 0.461. The maximum Gasteiger partial charge on any atom is 0.310 e. The van der Waals surface area contributed by atoms with Crippen LogP contribution in [0.4, 0.5) is 0 Å². The molecule has 0 saturated carbocycles. The molecule has 9 heteroatoms. The zero-order valence-corrected chi connectivity index (χ0v) is 10.6. The number of sulfonamides is 1. The van der Waals surface area contributed by atoms with Crippen LogP contribution in [-0.4, -0.2) is 36.9 Å². The van der Waals surface area contributed by atoms with E-state index in [-0.39, 0.29) is 10.6 Å². The first kappa shape index (κ1) is 12.7. The topological polar surface area (TPSA) is 98.1 Å². The highest BCUT2D eigenvalue weighted by Crippen LogP contribution is 2.23. The first-order valence-corrected chi connectivity index (χ1v) is 7.20. The number of nitrogens with zero attached hydrogens (tertiary/aromatic N) is 3.